The van der Waals surface area contributed by atoms with Crippen LogP contribution in [0.1, 0.15) is 67.4 Å². The van der Waals surface area contributed by atoms with Gasteiger partial charge in [-0.05, 0) is 72.7 Å². The quantitative estimate of drug-likeness (QED) is 0.0824. The highest BCUT2D eigenvalue weighted by Crippen LogP contribution is 2.65. The Morgan fingerprint density at radius 1 is 1.05 bits per heavy atom. The van der Waals surface area contributed by atoms with Crippen molar-refractivity contribution >= 4 is 29.8 Å². The molecule has 4 aromatic rings. The molecule has 0 aliphatic carbocycles. The van der Waals surface area contributed by atoms with E-state index < -0.39 is 46.9 Å². The fourth-order valence-corrected chi connectivity index (χ4v) is 12.8. The molecule has 7 aliphatic heterocycles. The number of aryl methyl sites for hydroxylation is 1. The molecule has 14 nitrogen and oxygen atoms in total. The van der Waals surface area contributed by atoms with Gasteiger partial charge in [-0.3, -0.25) is 15.1 Å². The number of phenols is 2. The first-order valence-corrected chi connectivity index (χ1v) is 22.4. The lowest BCUT2D eigenvalue weighted by molar-refractivity contribution is -0.157. The predicted octanol–water partition coefficient (Wildman–Crippen LogP) is 6.24. The van der Waals surface area contributed by atoms with Gasteiger partial charge in [0.15, 0.2) is 40.0 Å². The van der Waals surface area contributed by atoms with Gasteiger partial charge in [-0.1, -0.05) is 42.5 Å². The van der Waals surface area contributed by atoms with E-state index in [1.54, 1.807) is 18.2 Å². The largest absolute Gasteiger partial charge is 0.504 e. The summed E-state index contributed by atoms with van der Waals surface area (Å²) in [5, 5.41) is 37.5. The van der Waals surface area contributed by atoms with E-state index in [0.29, 0.717) is 71.0 Å². The van der Waals surface area contributed by atoms with Crippen LogP contribution in [0.5, 0.6) is 40.2 Å². The van der Waals surface area contributed by atoms with Crippen LogP contribution in [-0.4, -0.2) is 96.5 Å². The molecular weight excluding hydrogens is 837 g/mol. The molecule has 330 valence electrons. The zero-order valence-corrected chi connectivity index (χ0v) is 36.7. The Labute approximate surface area is 374 Å². The molecule has 0 amide bonds. The summed E-state index contributed by atoms with van der Waals surface area (Å²) in [6.07, 6.45) is 5.87. The number of benzene rings is 4. The lowest BCUT2D eigenvalue weighted by Gasteiger charge is -2.62. The molecule has 4 aromatic carbocycles. The number of carbonyl (C=O) groups is 2. The molecule has 0 radical (unpaired) electrons. The molecule has 3 N–H and O–H groups in total. The average molecular weight is 885 g/mol. The van der Waals surface area contributed by atoms with Crippen LogP contribution in [0.25, 0.3) is 6.08 Å². The van der Waals surface area contributed by atoms with Crippen LogP contribution in [0.4, 0.5) is 0 Å². The molecule has 7 atom stereocenters. The summed E-state index contributed by atoms with van der Waals surface area (Å²) < 4.78 is 36.9. The zero-order chi connectivity index (χ0) is 44.6. The van der Waals surface area contributed by atoms with Crippen LogP contribution in [-0.2, 0) is 32.7 Å². The van der Waals surface area contributed by atoms with Gasteiger partial charge in [0, 0.05) is 59.3 Å². The van der Waals surface area contributed by atoms with Crippen molar-refractivity contribution in [1.82, 2.24) is 15.1 Å². The SMILES string of the molecule is C=CCN1C2c3c(cc(C)c(OC)c3O)CC1[C@H](C#N)N1C2[C@@H]2SC[C@]3(NCCc4cc(O)c(OC)cc43)C(=O)OC[C@H]1c1c3c(c(C)c(OC(=O)/C=C/c4ccccc4)c12)OCO3. The number of methoxy groups -OCH3 is 2. The fraction of sp³-hybridized carbons (Fsp3) is 0.367. The maximum atomic E-state index is 15.0. The highest BCUT2D eigenvalue weighted by molar-refractivity contribution is 7.99. The summed E-state index contributed by atoms with van der Waals surface area (Å²) in [4.78, 5) is 33.5. The molecule has 4 bridgehead atoms. The summed E-state index contributed by atoms with van der Waals surface area (Å²) >= 11 is 1.46. The first-order valence-electron chi connectivity index (χ1n) is 21.3. The van der Waals surface area contributed by atoms with Crippen LogP contribution in [0, 0.1) is 25.2 Å². The van der Waals surface area contributed by atoms with Gasteiger partial charge < -0.3 is 38.6 Å². The second-order valence-electron chi connectivity index (χ2n) is 17.0. The van der Waals surface area contributed by atoms with Gasteiger partial charge in [0.25, 0.3) is 0 Å². The molecule has 0 saturated carbocycles. The molecule has 11 rings (SSSR count). The van der Waals surface area contributed by atoms with E-state index in [4.69, 9.17) is 28.4 Å². The number of fused-ring (bicyclic) bond motifs is 9. The molecule has 15 heteroatoms. The maximum Gasteiger partial charge on any atom is 0.336 e. The monoisotopic (exact) mass is 884 g/mol. The van der Waals surface area contributed by atoms with Crippen molar-refractivity contribution < 1.29 is 48.2 Å². The molecular formula is C49H48N4O10S. The van der Waals surface area contributed by atoms with E-state index in [0.717, 1.165) is 22.3 Å². The lowest BCUT2D eigenvalue weighted by atomic mass is 9.71. The Balaban J connectivity index is 1.24. The Hall–Kier alpha value is -6.18. The number of carbonyl (C=O) groups excluding carboxylic acids is 2. The molecule has 1 spiro atoms. The van der Waals surface area contributed by atoms with Gasteiger partial charge >= 0.3 is 11.9 Å². The van der Waals surface area contributed by atoms with Crippen molar-refractivity contribution in [2.75, 3.05) is 46.5 Å². The summed E-state index contributed by atoms with van der Waals surface area (Å²) in [5.41, 5.74) is 4.94. The van der Waals surface area contributed by atoms with E-state index in [1.807, 2.05) is 56.3 Å². The number of phenolic OH excluding ortho intramolecular Hbond substituents is 2. The second kappa shape index (κ2) is 16.1. The first-order chi connectivity index (χ1) is 31.0. The first kappa shape index (κ1) is 41.8. The molecule has 2 saturated heterocycles. The van der Waals surface area contributed by atoms with Gasteiger partial charge in [-0.2, -0.15) is 5.26 Å². The highest BCUT2D eigenvalue weighted by atomic mass is 32.2. The fourth-order valence-electron chi connectivity index (χ4n) is 11.2. The van der Waals surface area contributed by atoms with Gasteiger partial charge in [0.05, 0.1) is 37.6 Å². The van der Waals surface area contributed by atoms with Gasteiger partial charge in [-0.15, -0.1) is 18.3 Å². The Morgan fingerprint density at radius 2 is 1.84 bits per heavy atom. The third kappa shape index (κ3) is 6.25. The maximum absolute atomic E-state index is 15.0. The van der Waals surface area contributed by atoms with E-state index in [2.05, 4.69) is 27.8 Å². The number of piperazine rings is 1. The van der Waals surface area contributed by atoms with Crippen molar-refractivity contribution in [3.05, 3.63) is 117 Å². The number of hydrogen-bond donors (Lipinski definition) is 3. The van der Waals surface area contributed by atoms with Crippen LogP contribution >= 0.6 is 11.8 Å². The zero-order valence-electron chi connectivity index (χ0n) is 35.9. The van der Waals surface area contributed by atoms with Crippen LogP contribution < -0.4 is 29.0 Å². The average Bonchev–Trinajstić information content (AvgIpc) is 3.79. The normalized spacial score (nSPS) is 26.5. The summed E-state index contributed by atoms with van der Waals surface area (Å²) in [6.45, 7) is 8.35. The lowest BCUT2D eigenvalue weighted by Crippen LogP contribution is -2.70. The standard InChI is InChI=1S/C49H48N4O10S/c1-6-16-52-31-18-29-17-25(2)43(59-5)42(56)37(29)40(52)41-47-39-38(46-45(61-24-62-46)26(3)44(39)63-36(55)13-12-27-10-8-7-9-11-27)33(53(41)32(31)21-50)22-60-48(57)49(23-64-47)30-20-35(58-4)34(54)19-28(30)14-15-51-49/h6-13,17,19-20,31-33,40-41,47,51,54,56H,1,14-16,18,22-24H2,2-5H3/b13-12+/t31?,32-,33-,40?,41?,47+,49+/m0/s1. The van der Waals surface area contributed by atoms with E-state index >= 15 is 4.79 Å². The van der Waals surface area contributed by atoms with Gasteiger partial charge in [0.2, 0.25) is 6.79 Å². The molecule has 7 aliphatic rings. The summed E-state index contributed by atoms with van der Waals surface area (Å²) in [7, 11) is 3.00. The van der Waals surface area contributed by atoms with Gasteiger partial charge in [0.1, 0.15) is 18.4 Å². The van der Waals surface area contributed by atoms with Crippen molar-refractivity contribution in [2.24, 2.45) is 0 Å². The van der Waals surface area contributed by atoms with E-state index in [-0.39, 0.29) is 48.2 Å². The third-order valence-corrected chi connectivity index (χ3v) is 15.2. The van der Waals surface area contributed by atoms with Crippen molar-refractivity contribution in [3.8, 4) is 46.3 Å². The summed E-state index contributed by atoms with van der Waals surface area (Å²) in [6, 6.07) is 14.4. The number of aromatic hydroxyl groups is 2. The highest BCUT2D eigenvalue weighted by Gasteiger charge is 2.62. The molecule has 2 fully saturated rings. The molecule has 0 aromatic heterocycles. The third-order valence-electron chi connectivity index (χ3n) is 13.8. The van der Waals surface area contributed by atoms with Gasteiger partial charge in [-0.25, -0.2) is 9.59 Å². The number of esters is 2. The Kier molecular flexibility index (Phi) is 10.5. The van der Waals surface area contributed by atoms with E-state index in [9.17, 15) is 20.3 Å². The molecule has 64 heavy (non-hydrogen) atoms. The molecule has 3 unspecified atom stereocenters. The number of nitriles is 1. The van der Waals surface area contributed by atoms with Crippen LogP contribution in [0.3, 0.4) is 0 Å². The van der Waals surface area contributed by atoms with Crippen LogP contribution in [0.15, 0.2) is 67.3 Å². The second-order valence-corrected chi connectivity index (χ2v) is 18.1. The smallest absolute Gasteiger partial charge is 0.336 e. The number of ether oxygens (including phenoxy) is 6. The van der Waals surface area contributed by atoms with Crippen LogP contribution in [0.2, 0.25) is 0 Å². The number of nitrogens with one attached hydrogen (secondary N) is 1. The number of thioether (sulfide) groups is 1. The number of hydrogen-bond acceptors (Lipinski definition) is 15. The molecule has 7 heterocycles. The number of rotatable bonds is 7. The van der Waals surface area contributed by atoms with Crippen molar-refractivity contribution in [3.63, 3.8) is 0 Å². The Bertz CT molecular complexity index is 2680. The minimum Gasteiger partial charge on any atom is -0.504 e. The minimum absolute atomic E-state index is 0.0146. The van der Waals surface area contributed by atoms with E-state index in [1.165, 1.54) is 32.1 Å². The predicted molar refractivity (Wildman–Crippen MR) is 237 cm³/mol. The topological polar surface area (TPSA) is 172 Å². The summed E-state index contributed by atoms with van der Waals surface area (Å²) in [5.74, 6) is 0.619. The minimum atomic E-state index is -1.41. The number of nitrogens with zero attached hydrogens (tertiary/aromatic N) is 3. The van der Waals surface area contributed by atoms with Crippen molar-refractivity contribution in [2.45, 2.75) is 67.7 Å². The Morgan fingerprint density at radius 3 is 2.59 bits per heavy atom. The van der Waals surface area contributed by atoms with Crippen molar-refractivity contribution in [1.29, 1.82) is 5.26 Å².